The van der Waals surface area contributed by atoms with Crippen LogP contribution < -0.4 is 0 Å². The summed E-state index contributed by atoms with van der Waals surface area (Å²) in [5.41, 5.74) is 0. The van der Waals surface area contributed by atoms with Gasteiger partial charge in [0.2, 0.25) is 0 Å². The van der Waals surface area contributed by atoms with Gasteiger partial charge in [0.15, 0.2) is 6.10 Å². The highest BCUT2D eigenvalue weighted by atomic mass is 16.6. The smallest absolute Gasteiger partial charge is 0.306 e. The molecular weight excluding hydrogens is 877 g/mol. The summed E-state index contributed by atoms with van der Waals surface area (Å²) in [5.74, 6) is -0.893. The van der Waals surface area contributed by atoms with Gasteiger partial charge in [-0.15, -0.1) is 0 Å². The quantitative estimate of drug-likeness (QED) is 0.0261. The number of ether oxygens (including phenoxy) is 3. The number of hydrogen-bond donors (Lipinski definition) is 0. The molecular formula is C65H116O6. The average Bonchev–Trinajstić information content (AvgIpc) is 3.37. The molecule has 0 rings (SSSR count). The third-order valence-corrected chi connectivity index (χ3v) is 13.5. The van der Waals surface area contributed by atoms with Gasteiger partial charge in [0.05, 0.1) is 0 Å². The SMILES string of the molecule is CCCC/C=C\C/C=C\CCCCCCCC(=O)OCC(COC(=O)CCCCCCCCCCCCC/C=C\C/C=C\CCCCCCC)OC(=O)CCCCCCC/C=C\CCCCCCCCC. The van der Waals surface area contributed by atoms with E-state index < -0.39 is 6.10 Å². The molecule has 0 N–H and O–H groups in total. The summed E-state index contributed by atoms with van der Waals surface area (Å²) in [4.78, 5) is 38.2. The second-order valence-corrected chi connectivity index (χ2v) is 20.6. The molecule has 0 heterocycles. The first-order chi connectivity index (χ1) is 35.0. The third-order valence-electron chi connectivity index (χ3n) is 13.5. The van der Waals surface area contributed by atoms with Gasteiger partial charge in [0.25, 0.3) is 0 Å². The number of allylic oxidation sites excluding steroid dienone is 10. The first-order valence-electron chi connectivity index (χ1n) is 30.8. The summed E-state index contributed by atoms with van der Waals surface area (Å²) in [7, 11) is 0. The molecule has 0 aliphatic heterocycles. The predicted molar refractivity (Wildman–Crippen MR) is 307 cm³/mol. The maximum atomic E-state index is 12.9. The zero-order valence-corrected chi connectivity index (χ0v) is 47.2. The Morgan fingerprint density at radius 3 is 0.831 bits per heavy atom. The van der Waals surface area contributed by atoms with Crippen molar-refractivity contribution in [3.05, 3.63) is 60.8 Å². The van der Waals surface area contributed by atoms with Crippen LogP contribution in [0.4, 0.5) is 0 Å². The molecule has 6 heteroatoms. The fraction of sp³-hybridized carbons (Fsp3) is 0.800. The summed E-state index contributed by atoms with van der Waals surface area (Å²) in [5, 5.41) is 0. The van der Waals surface area contributed by atoms with E-state index in [2.05, 4.69) is 81.5 Å². The molecule has 71 heavy (non-hydrogen) atoms. The van der Waals surface area contributed by atoms with Crippen LogP contribution in [0, 0.1) is 0 Å². The van der Waals surface area contributed by atoms with E-state index in [1.165, 1.54) is 180 Å². The van der Waals surface area contributed by atoms with E-state index in [1.54, 1.807) is 0 Å². The van der Waals surface area contributed by atoms with Crippen LogP contribution in [0.15, 0.2) is 60.8 Å². The van der Waals surface area contributed by atoms with Crippen molar-refractivity contribution in [3.63, 3.8) is 0 Å². The molecule has 0 aliphatic rings. The van der Waals surface area contributed by atoms with Crippen molar-refractivity contribution in [1.29, 1.82) is 0 Å². The van der Waals surface area contributed by atoms with Gasteiger partial charge in [-0.05, 0) is 103 Å². The van der Waals surface area contributed by atoms with Gasteiger partial charge in [-0.25, -0.2) is 0 Å². The van der Waals surface area contributed by atoms with Gasteiger partial charge < -0.3 is 14.2 Å². The highest BCUT2D eigenvalue weighted by Crippen LogP contribution is 2.16. The van der Waals surface area contributed by atoms with E-state index >= 15 is 0 Å². The van der Waals surface area contributed by atoms with E-state index in [-0.39, 0.29) is 31.1 Å². The molecule has 0 spiro atoms. The Hall–Kier alpha value is -2.89. The molecule has 0 aromatic carbocycles. The molecule has 0 aromatic heterocycles. The summed E-state index contributed by atoms with van der Waals surface area (Å²) in [6.45, 7) is 6.60. The number of unbranched alkanes of at least 4 members (excludes halogenated alkanes) is 35. The molecule has 0 bridgehead atoms. The van der Waals surface area contributed by atoms with Crippen molar-refractivity contribution in [2.75, 3.05) is 13.2 Å². The summed E-state index contributed by atoms with van der Waals surface area (Å²) in [6.07, 6.45) is 75.0. The Morgan fingerprint density at radius 2 is 0.521 bits per heavy atom. The maximum Gasteiger partial charge on any atom is 0.306 e. The zero-order valence-electron chi connectivity index (χ0n) is 47.2. The van der Waals surface area contributed by atoms with Gasteiger partial charge in [0.1, 0.15) is 13.2 Å². The van der Waals surface area contributed by atoms with Crippen LogP contribution in [0.1, 0.15) is 316 Å². The number of rotatable bonds is 56. The molecule has 412 valence electrons. The molecule has 0 saturated heterocycles. The Balaban J connectivity index is 4.33. The van der Waals surface area contributed by atoms with Gasteiger partial charge in [-0.2, -0.15) is 0 Å². The fourth-order valence-electron chi connectivity index (χ4n) is 8.78. The minimum absolute atomic E-state index is 0.0818. The Kier molecular flexibility index (Phi) is 57.2. The molecule has 6 nitrogen and oxygen atoms in total. The number of carbonyl (C=O) groups is 3. The lowest BCUT2D eigenvalue weighted by Crippen LogP contribution is -2.30. The number of hydrogen-bond acceptors (Lipinski definition) is 6. The van der Waals surface area contributed by atoms with Crippen LogP contribution in [0.3, 0.4) is 0 Å². The minimum atomic E-state index is -0.785. The normalized spacial score (nSPS) is 12.4. The first-order valence-corrected chi connectivity index (χ1v) is 30.8. The Labute approximate surface area is 440 Å². The van der Waals surface area contributed by atoms with Crippen molar-refractivity contribution >= 4 is 17.9 Å². The van der Waals surface area contributed by atoms with Crippen molar-refractivity contribution in [1.82, 2.24) is 0 Å². The first kappa shape index (κ1) is 68.1. The largest absolute Gasteiger partial charge is 0.462 e. The molecule has 0 fully saturated rings. The van der Waals surface area contributed by atoms with E-state index in [9.17, 15) is 14.4 Å². The molecule has 0 amide bonds. The second kappa shape index (κ2) is 59.7. The van der Waals surface area contributed by atoms with Gasteiger partial charge in [-0.3, -0.25) is 14.4 Å². The topological polar surface area (TPSA) is 78.9 Å². The summed E-state index contributed by atoms with van der Waals surface area (Å²) in [6, 6.07) is 0. The van der Waals surface area contributed by atoms with Crippen LogP contribution in [0.25, 0.3) is 0 Å². The molecule has 0 aliphatic carbocycles. The molecule has 0 radical (unpaired) electrons. The van der Waals surface area contributed by atoms with E-state index in [4.69, 9.17) is 14.2 Å². The van der Waals surface area contributed by atoms with Crippen molar-refractivity contribution < 1.29 is 28.6 Å². The molecule has 0 saturated carbocycles. The van der Waals surface area contributed by atoms with Crippen LogP contribution >= 0.6 is 0 Å². The van der Waals surface area contributed by atoms with Crippen molar-refractivity contribution in [2.24, 2.45) is 0 Å². The summed E-state index contributed by atoms with van der Waals surface area (Å²) < 4.78 is 16.9. The number of carbonyl (C=O) groups excluding carboxylic acids is 3. The Bertz CT molecular complexity index is 1280. The van der Waals surface area contributed by atoms with E-state index in [0.717, 1.165) is 96.3 Å². The highest BCUT2D eigenvalue weighted by molar-refractivity contribution is 5.71. The second-order valence-electron chi connectivity index (χ2n) is 20.6. The number of esters is 3. The average molecular weight is 994 g/mol. The van der Waals surface area contributed by atoms with Crippen LogP contribution in [-0.4, -0.2) is 37.2 Å². The lowest BCUT2D eigenvalue weighted by atomic mass is 10.0. The van der Waals surface area contributed by atoms with Gasteiger partial charge in [-0.1, -0.05) is 255 Å². The van der Waals surface area contributed by atoms with Crippen molar-refractivity contribution in [3.8, 4) is 0 Å². The molecule has 1 atom stereocenters. The highest BCUT2D eigenvalue weighted by Gasteiger charge is 2.19. The van der Waals surface area contributed by atoms with E-state index in [1.807, 2.05) is 0 Å². The zero-order chi connectivity index (χ0) is 51.4. The maximum absolute atomic E-state index is 12.9. The minimum Gasteiger partial charge on any atom is -0.462 e. The Morgan fingerprint density at radius 1 is 0.282 bits per heavy atom. The lowest BCUT2D eigenvalue weighted by molar-refractivity contribution is -0.167. The summed E-state index contributed by atoms with van der Waals surface area (Å²) >= 11 is 0. The van der Waals surface area contributed by atoms with E-state index in [0.29, 0.717) is 19.3 Å². The van der Waals surface area contributed by atoms with Gasteiger partial charge in [0, 0.05) is 19.3 Å². The fourth-order valence-corrected chi connectivity index (χ4v) is 8.78. The lowest BCUT2D eigenvalue weighted by Gasteiger charge is -2.18. The van der Waals surface area contributed by atoms with Crippen molar-refractivity contribution in [2.45, 2.75) is 322 Å². The monoisotopic (exact) mass is 993 g/mol. The third kappa shape index (κ3) is 57.9. The van der Waals surface area contributed by atoms with Crippen LogP contribution in [-0.2, 0) is 28.6 Å². The molecule has 1 unspecified atom stereocenters. The standard InChI is InChI=1S/C65H116O6/c1-4-7-10-13-16-19-22-25-28-30-31-32-33-34-35-36-38-40-43-46-49-52-55-58-64(67)70-61-62(60-69-63(66)57-54-51-48-45-42-39-27-24-21-18-15-12-9-6-3)71-65(68)59-56-53-50-47-44-41-37-29-26-23-20-17-14-11-8-5-2/h15,18,22,24-25,27,29-31,37,62H,4-14,16-17,19-21,23,26,28,32-36,38-61H2,1-3H3/b18-15-,25-22-,27-24-,31-30-,37-29-. The molecule has 0 aromatic rings. The van der Waals surface area contributed by atoms with Gasteiger partial charge >= 0.3 is 17.9 Å². The van der Waals surface area contributed by atoms with Crippen LogP contribution in [0.2, 0.25) is 0 Å². The predicted octanol–water partition coefficient (Wildman–Crippen LogP) is 20.8. The van der Waals surface area contributed by atoms with Crippen LogP contribution in [0.5, 0.6) is 0 Å².